The lowest BCUT2D eigenvalue weighted by atomic mass is 9.92. The first-order chi connectivity index (χ1) is 10.1. The third kappa shape index (κ3) is 3.62. The molecule has 0 aromatic heterocycles. The van der Waals surface area contributed by atoms with Crippen LogP contribution in [0.2, 0.25) is 0 Å². The van der Waals surface area contributed by atoms with Crippen molar-refractivity contribution in [2.45, 2.75) is 20.3 Å². The minimum atomic E-state index is 0. The molecule has 0 radical (unpaired) electrons. The van der Waals surface area contributed by atoms with Crippen molar-refractivity contribution < 1.29 is 31.6 Å². The van der Waals surface area contributed by atoms with E-state index in [4.69, 9.17) is 9.47 Å². The summed E-state index contributed by atoms with van der Waals surface area (Å²) in [6.45, 7) is 9.27. The second kappa shape index (κ2) is 7.44. The number of hydrogen-bond acceptors (Lipinski definition) is 3. The van der Waals surface area contributed by atoms with Crippen LogP contribution in [0.3, 0.4) is 0 Å². The number of hydrogen-bond donors (Lipinski definition) is 1. The van der Waals surface area contributed by atoms with E-state index in [-0.39, 0.29) is 24.1 Å². The first kappa shape index (κ1) is 17.3. The highest BCUT2D eigenvalue weighted by atomic mass is 35.5. The van der Waals surface area contributed by atoms with Crippen LogP contribution in [0, 0.1) is 19.8 Å². The summed E-state index contributed by atoms with van der Waals surface area (Å²) in [5.74, 6) is 1.09. The van der Waals surface area contributed by atoms with E-state index >= 15 is 0 Å². The predicted octanol–water partition coefficient (Wildman–Crippen LogP) is -2.20. The lowest BCUT2D eigenvalue weighted by Gasteiger charge is -2.26. The van der Waals surface area contributed by atoms with Crippen molar-refractivity contribution in [1.29, 1.82) is 0 Å². The van der Waals surface area contributed by atoms with Gasteiger partial charge in [-0.05, 0) is 43.5 Å². The summed E-state index contributed by atoms with van der Waals surface area (Å²) in [4.78, 5) is 14.3. The van der Waals surface area contributed by atoms with Gasteiger partial charge in [-0.3, -0.25) is 4.79 Å². The molecule has 2 heterocycles. The summed E-state index contributed by atoms with van der Waals surface area (Å²) in [7, 11) is 0. The number of Topliss-reactive ketones (excluding diaryl/α,β-unsaturated/α-hetero) is 1. The minimum Gasteiger partial charge on any atom is -1.00 e. The summed E-state index contributed by atoms with van der Waals surface area (Å²) >= 11 is 0. The number of halogens is 1. The average Bonchev–Trinajstić information content (AvgIpc) is 2.62. The first-order valence-corrected chi connectivity index (χ1v) is 7.84. The van der Waals surface area contributed by atoms with Crippen molar-refractivity contribution in [2.75, 3.05) is 39.5 Å². The number of benzene rings is 1. The van der Waals surface area contributed by atoms with Gasteiger partial charge in [0.15, 0.2) is 5.78 Å². The molecule has 0 bridgehead atoms. The van der Waals surface area contributed by atoms with Crippen LogP contribution >= 0.6 is 0 Å². The molecule has 0 amide bonds. The largest absolute Gasteiger partial charge is 1.00 e. The Labute approximate surface area is 138 Å². The normalized spacial score (nSPS) is 22.3. The van der Waals surface area contributed by atoms with Crippen LogP contribution < -0.4 is 22.0 Å². The van der Waals surface area contributed by atoms with E-state index in [1.54, 1.807) is 0 Å². The molecular formula is C17H24ClNO3. The standard InChI is InChI=1S/C17H23NO3.ClH/c1-12-9-15-16(10-13(12)2)21-6-3-14(17(15)19)11-18-4-7-20-8-5-18;/h9-10,14H,3-8,11H2,1-2H3;1H. The molecule has 1 atom stereocenters. The highest BCUT2D eigenvalue weighted by Gasteiger charge is 2.31. The maximum absolute atomic E-state index is 12.8. The van der Waals surface area contributed by atoms with E-state index in [0.717, 1.165) is 56.1 Å². The van der Waals surface area contributed by atoms with Crippen molar-refractivity contribution in [2.24, 2.45) is 5.92 Å². The molecule has 0 saturated carbocycles. The Morgan fingerprint density at radius 2 is 1.82 bits per heavy atom. The van der Waals surface area contributed by atoms with Crippen molar-refractivity contribution in [3.8, 4) is 5.75 Å². The van der Waals surface area contributed by atoms with Crippen molar-refractivity contribution >= 4 is 5.78 Å². The molecule has 3 rings (SSSR count). The van der Waals surface area contributed by atoms with Crippen LogP contribution in [-0.4, -0.2) is 45.2 Å². The van der Waals surface area contributed by atoms with Gasteiger partial charge in [-0.25, -0.2) is 0 Å². The summed E-state index contributed by atoms with van der Waals surface area (Å²) in [5.41, 5.74) is 3.11. The van der Waals surface area contributed by atoms with Crippen LogP contribution in [0.25, 0.3) is 0 Å². The molecule has 1 aromatic rings. The van der Waals surface area contributed by atoms with Gasteiger partial charge in [0.25, 0.3) is 0 Å². The molecule has 1 aromatic carbocycles. The molecular weight excluding hydrogens is 302 g/mol. The van der Waals surface area contributed by atoms with E-state index in [1.165, 1.54) is 10.5 Å². The Bertz CT molecular complexity index is 541. The highest BCUT2D eigenvalue weighted by molar-refractivity contribution is 6.01. The van der Waals surface area contributed by atoms with Crippen molar-refractivity contribution in [3.05, 3.63) is 28.8 Å². The zero-order chi connectivity index (χ0) is 14.8. The van der Waals surface area contributed by atoms with Gasteiger partial charge in [-0.1, -0.05) is 0 Å². The molecule has 1 unspecified atom stereocenters. The number of carbonyl (C=O) groups excluding carboxylic acids is 1. The van der Waals surface area contributed by atoms with Crippen LogP contribution in [0.1, 0.15) is 27.9 Å². The number of fused-ring (bicyclic) bond motifs is 1. The lowest BCUT2D eigenvalue weighted by molar-refractivity contribution is -0.910. The third-order valence-electron chi connectivity index (χ3n) is 4.69. The van der Waals surface area contributed by atoms with Gasteiger partial charge in [-0.15, -0.1) is 0 Å². The van der Waals surface area contributed by atoms with E-state index in [2.05, 4.69) is 13.8 Å². The zero-order valence-corrected chi connectivity index (χ0v) is 14.0. The summed E-state index contributed by atoms with van der Waals surface area (Å²) in [6.07, 6.45) is 0.815. The molecule has 2 aliphatic rings. The van der Waals surface area contributed by atoms with E-state index in [1.807, 2.05) is 12.1 Å². The Morgan fingerprint density at radius 1 is 1.14 bits per heavy atom. The monoisotopic (exact) mass is 325 g/mol. The number of rotatable bonds is 2. The highest BCUT2D eigenvalue weighted by Crippen LogP contribution is 2.29. The maximum Gasteiger partial charge on any atom is 0.175 e. The fourth-order valence-corrected chi connectivity index (χ4v) is 3.17. The third-order valence-corrected chi connectivity index (χ3v) is 4.69. The van der Waals surface area contributed by atoms with E-state index in [0.29, 0.717) is 6.61 Å². The SMILES string of the molecule is Cc1cc2c(cc1C)C(=O)C(C[NH+]1CCOCC1)CCO2.[Cl-]. The quantitative estimate of drug-likeness (QED) is 0.671. The number of morpholine rings is 1. The van der Waals surface area contributed by atoms with Crippen LogP contribution in [0.15, 0.2) is 12.1 Å². The maximum atomic E-state index is 12.8. The molecule has 0 spiro atoms. The van der Waals surface area contributed by atoms with Crippen molar-refractivity contribution in [1.82, 2.24) is 0 Å². The van der Waals surface area contributed by atoms with Gasteiger partial charge in [-0.2, -0.15) is 0 Å². The topological polar surface area (TPSA) is 40.0 Å². The second-order valence-corrected chi connectivity index (χ2v) is 6.20. The molecule has 1 fully saturated rings. The van der Waals surface area contributed by atoms with Gasteiger partial charge in [0.2, 0.25) is 0 Å². The Balaban J connectivity index is 0.00000176. The van der Waals surface area contributed by atoms with Gasteiger partial charge >= 0.3 is 0 Å². The van der Waals surface area contributed by atoms with E-state index in [9.17, 15) is 4.79 Å². The molecule has 1 saturated heterocycles. The van der Waals surface area contributed by atoms with E-state index < -0.39 is 0 Å². The number of aryl methyl sites for hydroxylation is 2. The van der Waals surface area contributed by atoms with Gasteiger partial charge in [0.05, 0.1) is 37.8 Å². The molecule has 5 heteroatoms. The molecule has 4 nitrogen and oxygen atoms in total. The number of carbonyl (C=O) groups is 1. The average molecular weight is 326 g/mol. The molecule has 0 aliphatic carbocycles. The second-order valence-electron chi connectivity index (χ2n) is 6.20. The fraction of sp³-hybridized carbons (Fsp3) is 0.588. The Morgan fingerprint density at radius 3 is 2.55 bits per heavy atom. The van der Waals surface area contributed by atoms with Crippen LogP contribution in [0.4, 0.5) is 0 Å². The number of ether oxygens (including phenoxy) is 2. The zero-order valence-electron chi connectivity index (χ0n) is 13.3. The lowest BCUT2D eigenvalue weighted by Crippen LogP contribution is -3.14. The summed E-state index contributed by atoms with van der Waals surface area (Å²) in [5, 5.41) is 0. The number of quaternary nitrogens is 1. The summed E-state index contributed by atoms with van der Waals surface area (Å²) in [6, 6.07) is 4.01. The van der Waals surface area contributed by atoms with Gasteiger partial charge in [0.1, 0.15) is 18.8 Å². The van der Waals surface area contributed by atoms with Crippen LogP contribution in [-0.2, 0) is 4.74 Å². The Hall–Kier alpha value is -1.10. The molecule has 122 valence electrons. The molecule has 1 N–H and O–H groups in total. The van der Waals surface area contributed by atoms with Crippen molar-refractivity contribution in [3.63, 3.8) is 0 Å². The predicted molar refractivity (Wildman–Crippen MR) is 80.2 cm³/mol. The smallest absolute Gasteiger partial charge is 0.175 e. The van der Waals surface area contributed by atoms with Gasteiger partial charge in [0, 0.05) is 0 Å². The first-order valence-electron chi connectivity index (χ1n) is 7.84. The van der Waals surface area contributed by atoms with Crippen LogP contribution in [0.5, 0.6) is 5.75 Å². The number of nitrogens with one attached hydrogen (secondary N) is 1. The fourth-order valence-electron chi connectivity index (χ4n) is 3.17. The Kier molecular flexibility index (Phi) is 5.84. The molecule has 22 heavy (non-hydrogen) atoms. The number of ketones is 1. The van der Waals surface area contributed by atoms with Gasteiger partial charge < -0.3 is 26.8 Å². The molecule has 2 aliphatic heterocycles. The minimum absolute atomic E-state index is 0. The summed E-state index contributed by atoms with van der Waals surface area (Å²) < 4.78 is 11.2.